The zero-order valence-corrected chi connectivity index (χ0v) is 13.9. The minimum atomic E-state index is 0.173. The van der Waals surface area contributed by atoms with Crippen LogP contribution >= 0.6 is 11.3 Å². The number of morpholine rings is 1. The van der Waals surface area contributed by atoms with Crippen LogP contribution in [-0.2, 0) is 16.1 Å². The van der Waals surface area contributed by atoms with E-state index in [1.54, 1.807) is 16.2 Å². The molecule has 21 heavy (non-hydrogen) atoms. The Hall–Kier alpha value is -0.950. The quantitative estimate of drug-likeness (QED) is 0.784. The molecule has 118 valence electrons. The molecular formula is C15H25N3O2S. The van der Waals surface area contributed by atoms with Gasteiger partial charge < -0.3 is 14.5 Å². The summed E-state index contributed by atoms with van der Waals surface area (Å²) in [6.07, 6.45) is 0.198. The monoisotopic (exact) mass is 311 g/mol. The Morgan fingerprint density at radius 1 is 1.48 bits per heavy atom. The maximum absolute atomic E-state index is 12.3. The number of carbonyl (C=O) groups is 1. The molecule has 0 aliphatic carbocycles. The summed E-state index contributed by atoms with van der Waals surface area (Å²) in [5, 5.41) is 4.13. The fourth-order valence-corrected chi connectivity index (χ4v) is 3.16. The van der Waals surface area contributed by atoms with Crippen molar-refractivity contribution in [2.75, 3.05) is 53.9 Å². The molecule has 6 heteroatoms. The third kappa shape index (κ3) is 5.39. The Labute approximate surface area is 131 Å². The largest absolute Gasteiger partial charge is 0.374 e. The highest BCUT2D eigenvalue weighted by atomic mass is 32.1. The molecule has 1 aromatic heterocycles. The molecule has 1 aliphatic heterocycles. The van der Waals surface area contributed by atoms with Crippen molar-refractivity contribution in [2.24, 2.45) is 0 Å². The van der Waals surface area contributed by atoms with Gasteiger partial charge in [0, 0.05) is 33.2 Å². The second-order valence-electron chi connectivity index (χ2n) is 5.87. The zero-order valence-electron chi connectivity index (χ0n) is 13.1. The molecule has 2 heterocycles. The van der Waals surface area contributed by atoms with E-state index in [9.17, 15) is 4.79 Å². The summed E-state index contributed by atoms with van der Waals surface area (Å²) >= 11 is 1.67. The van der Waals surface area contributed by atoms with Crippen molar-refractivity contribution in [3.8, 4) is 0 Å². The summed E-state index contributed by atoms with van der Waals surface area (Å²) in [7, 11) is 5.96. The third-order valence-corrected chi connectivity index (χ3v) is 4.31. The molecular weight excluding hydrogens is 286 g/mol. The van der Waals surface area contributed by atoms with Crippen molar-refractivity contribution in [2.45, 2.75) is 12.6 Å². The van der Waals surface area contributed by atoms with Crippen molar-refractivity contribution in [3.05, 3.63) is 22.4 Å². The average molecular weight is 311 g/mol. The number of rotatable bonds is 6. The molecule has 1 atom stereocenters. The molecule has 1 aromatic rings. The van der Waals surface area contributed by atoms with Gasteiger partial charge in [-0.25, -0.2) is 0 Å². The van der Waals surface area contributed by atoms with Crippen molar-refractivity contribution in [1.29, 1.82) is 0 Å². The summed E-state index contributed by atoms with van der Waals surface area (Å²) in [5.41, 5.74) is 1.20. The second kappa shape index (κ2) is 7.89. The van der Waals surface area contributed by atoms with E-state index in [2.05, 4.69) is 21.2 Å². The van der Waals surface area contributed by atoms with Gasteiger partial charge in [0.25, 0.3) is 0 Å². The lowest BCUT2D eigenvalue weighted by Gasteiger charge is -2.34. The maximum Gasteiger partial charge on any atom is 0.236 e. The summed E-state index contributed by atoms with van der Waals surface area (Å²) in [4.78, 5) is 18.4. The molecule has 5 nitrogen and oxygen atoms in total. The van der Waals surface area contributed by atoms with Gasteiger partial charge in [0.15, 0.2) is 0 Å². The number of hydrogen-bond donors (Lipinski definition) is 0. The molecule has 1 amide bonds. The lowest BCUT2D eigenvalue weighted by atomic mass is 10.2. The number of ether oxygens (including phenoxy) is 1. The minimum Gasteiger partial charge on any atom is -0.374 e. The SMILES string of the molecule is CN(C)C[C@@H]1CN(CC(=O)N(C)Cc2ccsc2)CCO1. The van der Waals surface area contributed by atoms with Gasteiger partial charge in [-0.15, -0.1) is 0 Å². The fourth-order valence-electron chi connectivity index (χ4n) is 2.50. The standard InChI is InChI=1S/C15H25N3O2S/c1-16(2)9-14-10-18(5-6-20-14)11-15(19)17(3)8-13-4-7-21-12-13/h4,7,12,14H,5-6,8-11H2,1-3H3/t14-/m1/s1. The Kier molecular flexibility index (Phi) is 6.17. The normalized spacial score (nSPS) is 19.9. The molecule has 0 bridgehead atoms. The number of amides is 1. The van der Waals surface area contributed by atoms with E-state index in [1.165, 1.54) is 5.56 Å². The van der Waals surface area contributed by atoms with Gasteiger partial charge in [-0.05, 0) is 36.5 Å². The molecule has 0 spiro atoms. The molecule has 0 unspecified atom stereocenters. The van der Waals surface area contributed by atoms with E-state index in [0.717, 1.165) is 19.6 Å². The van der Waals surface area contributed by atoms with Crippen molar-refractivity contribution >= 4 is 17.2 Å². The molecule has 0 aromatic carbocycles. The van der Waals surface area contributed by atoms with E-state index in [4.69, 9.17) is 4.74 Å². The molecule has 1 aliphatic rings. The first kappa shape index (κ1) is 16.4. The van der Waals surface area contributed by atoms with E-state index in [-0.39, 0.29) is 12.0 Å². The molecule has 1 saturated heterocycles. The number of thiophene rings is 1. The topological polar surface area (TPSA) is 36.0 Å². The Morgan fingerprint density at radius 3 is 2.95 bits per heavy atom. The first-order chi connectivity index (χ1) is 10.0. The van der Waals surface area contributed by atoms with Crippen LogP contribution < -0.4 is 0 Å². The molecule has 0 N–H and O–H groups in total. The fraction of sp³-hybridized carbons (Fsp3) is 0.667. The molecule has 0 saturated carbocycles. The van der Waals surface area contributed by atoms with Gasteiger partial charge in [-0.3, -0.25) is 9.69 Å². The van der Waals surface area contributed by atoms with Crippen LogP contribution in [0.15, 0.2) is 16.8 Å². The van der Waals surface area contributed by atoms with Crippen LogP contribution in [0.25, 0.3) is 0 Å². The second-order valence-corrected chi connectivity index (χ2v) is 6.65. The number of hydrogen-bond acceptors (Lipinski definition) is 5. The summed E-state index contributed by atoms with van der Waals surface area (Å²) in [6.45, 7) is 4.44. The van der Waals surface area contributed by atoms with Gasteiger partial charge in [-0.1, -0.05) is 0 Å². The highest BCUT2D eigenvalue weighted by Gasteiger charge is 2.23. The lowest BCUT2D eigenvalue weighted by Crippen LogP contribution is -2.49. The maximum atomic E-state index is 12.3. The van der Waals surface area contributed by atoms with E-state index in [1.807, 2.05) is 26.5 Å². The highest BCUT2D eigenvalue weighted by Crippen LogP contribution is 2.10. The predicted octanol–water partition coefficient (Wildman–Crippen LogP) is 0.969. The molecule has 1 fully saturated rings. The van der Waals surface area contributed by atoms with Crippen LogP contribution in [0.5, 0.6) is 0 Å². The van der Waals surface area contributed by atoms with Crippen LogP contribution in [0.2, 0.25) is 0 Å². The van der Waals surface area contributed by atoms with Crippen LogP contribution in [0, 0.1) is 0 Å². The first-order valence-corrected chi connectivity index (χ1v) is 8.22. The van der Waals surface area contributed by atoms with Crippen LogP contribution in [0.4, 0.5) is 0 Å². The predicted molar refractivity (Wildman–Crippen MR) is 85.5 cm³/mol. The van der Waals surface area contributed by atoms with Crippen LogP contribution in [0.3, 0.4) is 0 Å². The minimum absolute atomic E-state index is 0.173. The number of nitrogens with zero attached hydrogens (tertiary/aromatic N) is 3. The lowest BCUT2D eigenvalue weighted by molar-refractivity contribution is -0.133. The van der Waals surface area contributed by atoms with Gasteiger partial charge in [0.2, 0.25) is 5.91 Å². The van der Waals surface area contributed by atoms with Gasteiger partial charge >= 0.3 is 0 Å². The summed E-state index contributed by atoms with van der Waals surface area (Å²) in [5.74, 6) is 0.173. The summed E-state index contributed by atoms with van der Waals surface area (Å²) < 4.78 is 5.74. The van der Waals surface area contributed by atoms with Gasteiger partial charge in [-0.2, -0.15) is 11.3 Å². The zero-order chi connectivity index (χ0) is 15.2. The molecule has 0 radical (unpaired) electrons. The average Bonchev–Trinajstić information content (AvgIpc) is 2.91. The van der Waals surface area contributed by atoms with E-state index >= 15 is 0 Å². The Balaban J connectivity index is 1.78. The van der Waals surface area contributed by atoms with Crippen molar-refractivity contribution in [1.82, 2.24) is 14.7 Å². The number of likely N-dealkylation sites (N-methyl/N-ethyl adjacent to an activating group) is 2. The Morgan fingerprint density at radius 2 is 2.29 bits per heavy atom. The van der Waals surface area contributed by atoms with E-state index in [0.29, 0.717) is 19.7 Å². The van der Waals surface area contributed by atoms with Crippen LogP contribution in [0.1, 0.15) is 5.56 Å². The Bertz CT molecular complexity index is 436. The first-order valence-electron chi connectivity index (χ1n) is 7.28. The van der Waals surface area contributed by atoms with Crippen LogP contribution in [-0.4, -0.2) is 80.6 Å². The highest BCUT2D eigenvalue weighted by molar-refractivity contribution is 7.07. The number of carbonyl (C=O) groups excluding carboxylic acids is 1. The van der Waals surface area contributed by atoms with Gasteiger partial charge in [0.1, 0.15) is 0 Å². The van der Waals surface area contributed by atoms with Crippen molar-refractivity contribution < 1.29 is 9.53 Å². The van der Waals surface area contributed by atoms with E-state index < -0.39 is 0 Å². The summed E-state index contributed by atoms with van der Waals surface area (Å²) in [6, 6.07) is 2.07. The third-order valence-electron chi connectivity index (χ3n) is 3.58. The smallest absolute Gasteiger partial charge is 0.236 e. The molecule has 2 rings (SSSR count). The van der Waals surface area contributed by atoms with Gasteiger partial charge in [0.05, 0.1) is 19.3 Å². The van der Waals surface area contributed by atoms with Crippen molar-refractivity contribution in [3.63, 3.8) is 0 Å².